The smallest absolute Gasteiger partial charge is 0.220 e. The maximum atomic E-state index is 13.0. The molecule has 0 aliphatic carbocycles. The number of allylic oxidation sites excluding steroid dienone is 5. The quantitative estimate of drug-likeness (QED) is 0.0261. The molecule has 1 saturated heterocycles. The van der Waals surface area contributed by atoms with E-state index in [0.717, 1.165) is 44.9 Å². The summed E-state index contributed by atoms with van der Waals surface area (Å²) >= 11 is 0. The van der Waals surface area contributed by atoms with Crippen molar-refractivity contribution in [2.45, 2.75) is 320 Å². The summed E-state index contributed by atoms with van der Waals surface area (Å²) in [6.07, 6.45) is 56.4. The Kier molecular flexibility index (Phi) is 46.4. The van der Waals surface area contributed by atoms with Crippen LogP contribution in [0.1, 0.15) is 277 Å². The normalized spacial score (nSPS) is 19.8. The molecule has 0 bridgehead atoms. The molecule has 0 aromatic rings. The van der Waals surface area contributed by atoms with Crippen molar-refractivity contribution in [3.8, 4) is 0 Å². The van der Waals surface area contributed by atoms with E-state index >= 15 is 0 Å². The van der Waals surface area contributed by atoms with E-state index in [0.29, 0.717) is 6.42 Å². The largest absolute Gasteiger partial charge is 0.394 e. The Morgan fingerprint density at radius 1 is 0.485 bits per heavy atom. The average molecular weight is 963 g/mol. The Morgan fingerprint density at radius 2 is 0.838 bits per heavy atom. The van der Waals surface area contributed by atoms with Crippen LogP contribution in [0.25, 0.3) is 0 Å². The van der Waals surface area contributed by atoms with Crippen LogP contribution in [0.5, 0.6) is 0 Å². The van der Waals surface area contributed by atoms with Crippen LogP contribution in [0.3, 0.4) is 0 Å². The highest BCUT2D eigenvalue weighted by atomic mass is 16.7. The molecule has 7 unspecified atom stereocenters. The highest BCUT2D eigenvalue weighted by Gasteiger charge is 2.44. The summed E-state index contributed by atoms with van der Waals surface area (Å²) in [5.74, 6) is -0.186. The topological polar surface area (TPSA) is 149 Å². The minimum atomic E-state index is -1.57. The van der Waals surface area contributed by atoms with Gasteiger partial charge in [0.05, 0.1) is 25.4 Å². The van der Waals surface area contributed by atoms with Gasteiger partial charge in [-0.3, -0.25) is 4.79 Å². The molecule has 1 heterocycles. The van der Waals surface area contributed by atoms with Gasteiger partial charge >= 0.3 is 0 Å². The molecule has 9 heteroatoms. The highest BCUT2D eigenvalue weighted by molar-refractivity contribution is 5.76. The fourth-order valence-electron chi connectivity index (χ4n) is 9.31. The van der Waals surface area contributed by atoms with Crippen LogP contribution in [0, 0.1) is 0 Å². The van der Waals surface area contributed by atoms with Gasteiger partial charge in [0.1, 0.15) is 24.4 Å². The van der Waals surface area contributed by atoms with E-state index in [1.165, 1.54) is 212 Å². The van der Waals surface area contributed by atoms with Gasteiger partial charge < -0.3 is 40.3 Å². The summed E-state index contributed by atoms with van der Waals surface area (Å²) in [5, 5.41) is 54.5. The zero-order valence-electron chi connectivity index (χ0n) is 44.4. The monoisotopic (exact) mass is 962 g/mol. The Morgan fingerprint density at radius 3 is 1.24 bits per heavy atom. The van der Waals surface area contributed by atoms with Gasteiger partial charge in [-0.15, -0.1) is 0 Å². The van der Waals surface area contributed by atoms with Crippen LogP contribution >= 0.6 is 0 Å². The van der Waals surface area contributed by atoms with E-state index in [1.54, 1.807) is 6.08 Å². The molecule has 9 nitrogen and oxygen atoms in total. The van der Waals surface area contributed by atoms with Gasteiger partial charge in [0, 0.05) is 6.42 Å². The fourth-order valence-corrected chi connectivity index (χ4v) is 9.31. The van der Waals surface area contributed by atoms with Gasteiger partial charge in [-0.05, 0) is 44.9 Å². The summed E-state index contributed by atoms with van der Waals surface area (Å²) in [6.45, 7) is 3.79. The summed E-state index contributed by atoms with van der Waals surface area (Å²) in [4.78, 5) is 13.0. The molecule has 0 saturated carbocycles. The predicted molar refractivity (Wildman–Crippen MR) is 286 cm³/mol. The lowest BCUT2D eigenvalue weighted by molar-refractivity contribution is -0.302. The first-order chi connectivity index (χ1) is 33.3. The molecule has 0 spiro atoms. The number of carbonyl (C=O) groups excluding carboxylic acids is 1. The fraction of sp³-hybridized carbons (Fsp3) is 0.881. The molecule has 400 valence electrons. The van der Waals surface area contributed by atoms with E-state index in [4.69, 9.17) is 9.47 Å². The van der Waals surface area contributed by atoms with Crippen molar-refractivity contribution in [1.29, 1.82) is 0 Å². The van der Waals surface area contributed by atoms with E-state index in [2.05, 4.69) is 43.5 Å². The first-order valence-electron chi connectivity index (χ1n) is 29.2. The summed E-state index contributed by atoms with van der Waals surface area (Å²) in [5.41, 5.74) is 0. The Balaban J connectivity index is 2.26. The highest BCUT2D eigenvalue weighted by Crippen LogP contribution is 2.23. The standard InChI is InChI=1S/C59H111NO8/c1-3-5-7-9-11-13-15-17-19-21-23-24-25-26-27-28-29-31-32-34-36-38-40-42-44-46-48-53(62)52(51-67-59-58(66)57(65)56(64)54(50-61)68-59)60-55(63)49-47-45-43-41-39-37-35-33-30-22-20-18-16-14-12-10-8-6-4-2/h31-32,38,40,46,48,52-54,56-59,61-62,64-66H,3-30,33-37,39,41-45,47,49-51H2,1-2H3,(H,60,63)/b32-31+,40-38+,48-46+. The minimum absolute atomic E-state index is 0.186. The molecule has 1 rings (SSSR count). The zero-order valence-corrected chi connectivity index (χ0v) is 44.4. The lowest BCUT2D eigenvalue weighted by Gasteiger charge is -2.40. The first kappa shape index (κ1) is 64.4. The van der Waals surface area contributed by atoms with Gasteiger partial charge in [0.2, 0.25) is 5.91 Å². The average Bonchev–Trinajstić information content (AvgIpc) is 3.34. The number of nitrogens with one attached hydrogen (secondary N) is 1. The van der Waals surface area contributed by atoms with E-state index in [9.17, 15) is 30.3 Å². The molecule has 68 heavy (non-hydrogen) atoms. The van der Waals surface area contributed by atoms with E-state index < -0.39 is 49.5 Å². The van der Waals surface area contributed by atoms with Gasteiger partial charge in [-0.1, -0.05) is 262 Å². The molecule has 1 amide bonds. The second kappa shape index (κ2) is 49.0. The lowest BCUT2D eigenvalue weighted by Crippen LogP contribution is -2.60. The van der Waals surface area contributed by atoms with E-state index in [1.807, 2.05) is 6.08 Å². The first-order valence-corrected chi connectivity index (χ1v) is 29.2. The maximum Gasteiger partial charge on any atom is 0.220 e. The van der Waals surface area contributed by atoms with Crippen molar-refractivity contribution in [2.24, 2.45) is 0 Å². The van der Waals surface area contributed by atoms with Crippen LogP contribution in [0.4, 0.5) is 0 Å². The molecule has 6 N–H and O–H groups in total. The Labute approximate surface area is 419 Å². The third-order valence-electron chi connectivity index (χ3n) is 13.9. The number of aliphatic hydroxyl groups excluding tert-OH is 5. The maximum absolute atomic E-state index is 13.0. The van der Waals surface area contributed by atoms with Crippen LogP contribution < -0.4 is 5.32 Å². The van der Waals surface area contributed by atoms with Crippen LogP contribution in [0.2, 0.25) is 0 Å². The van der Waals surface area contributed by atoms with Crippen molar-refractivity contribution >= 4 is 5.91 Å². The van der Waals surface area contributed by atoms with Crippen molar-refractivity contribution < 1.29 is 39.8 Å². The minimum Gasteiger partial charge on any atom is -0.394 e. The third-order valence-corrected chi connectivity index (χ3v) is 13.9. The summed E-state index contributed by atoms with van der Waals surface area (Å²) in [6, 6.07) is -0.826. The van der Waals surface area contributed by atoms with Crippen molar-refractivity contribution in [3.05, 3.63) is 36.5 Å². The number of hydrogen-bond acceptors (Lipinski definition) is 8. The number of hydrogen-bond donors (Lipinski definition) is 6. The molecular formula is C59H111NO8. The van der Waals surface area contributed by atoms with E-state index in [-0.39, 0.29) is 12.5 Å². The number of rotatable bonds is 50. The number of amides is 1. The van der Waals surface area contributed by atoms with Crippen LogP contribution in [-0.4, -0.2) is 87.5 Å². The second-order valence-electron chi connectivity index (χ2n) is 20.4. The Bertz CT molecular complexity index is 1160. The number of ether oxygens (including phenoxy) is 2. The number of carbonyl (C=O) groups is 1. The molecule has 1 aliphatic heterocycles. The molecule has 0 aromatic heterocycles. The molecule has 1 fully saturated rings. The molecular weight excluding hydrogens is 851 g/mol. The van der Waals surface area contributed by atoms with Gasteiger partial charge in [-0.25, -0.2) is 0 Å². The molecule has 1 aliphatic rings. The molecule has 7 atom stereocenters. The molecule has 0 aromatic carbocycles. The van der Waals surface area contributed by atoms with Gasteiger partial charge in [0.25, 0.3) is 0 Å². The zero-order chi connectivity index (χ0) is 49.4. The van der Waals surface area contributed by atoms with Crippen LogP contribution in [0.15, 0.2) is 36.5 Å². The Hall–Kier alpha value is -1.59. The summed E-state index contributed by atoms with van der Waals surface area (Å²) < 4.78 is 11.3. The van der Waals surface area contributed by atoms with Crippen molar-refractivity contribution in [3.63, 3.8) is 0 Å². The predicted octanol–water partition coefficient (Wildman–Crippen LogP) is 14.4. The van der Waals surface area contributed by atoms with Crippen molar-refractivity contribution in [1.82, 2.24) is 5.32 Å². The van der Waals surface area contributed by atoms with Gasteiger partial charge in [0.15, 0.2) is 6.29 Å². The van der Waals surface area contributed by atoms with Crippen molar-refractivity contribution in [2.75, 3.05) is 13.2 Å². The summed E-state index contributed by atoms with van der Waals surface area (Å²) in [7, 11) is 0. The lowest BCUT2D eigenvalue weighted by atomic mass is 9.99. The van der Waals surface area contributed by atoms with Gasteiger partial charge in [-0.2, -0.15) is 0 Å². The molecule has 0 radical (unpaired) electrons. The third kappa shape index (κ3) is 38.1. The SMILES string of the molecule is CCCCCCCCCCCCCCCCCC/C=C/CC/C=C/CC/C=C/C(O)C(COC1OC(CO)C(O)C(O)C1O)NC(=O)CCCCCCCCCCCCCCCCCCCCC. The number of aliphatic hydroxyl groups is 5. The number of unbranched alkanes of at least 4 members (excludes halogenated alkanes) is 36. The van der Waals surface area contributed by atoms with Crippen LogP contribution in [-0.2, 0) is 14.3 Å². The second-order valence-corrected chi connectivity index (χ2v) is 20.4.